The Morgan fingerprint density at radius 1 is 1.33 bits per heavy atom. The van der Waals surface area contributed by atoms with Gasteiger partial charge in [-0.05, 0) is 33.8 Å². The molecule has 1 aromatic rings. The van der Waals surface area contributed by atoms with Crippen LogP contribution >= 0.6 is 0 Å². The summed E-state index contributed by atoms with van der Waals surface area (Å²) in [5, 5.41) is 20.0. The van der Waals surface area contributed by atoms with Gasteiger partial charge >= 0.3 is 5.97 Å². The SMILES string of the molecule is CC1(C)CC(O)(c2occc2C(=O)O)C(C)(C)O1. The van der Waals surface area contributed by atoms with Crippen molar-refractivity contribution in [1.29, 1.82) is 0 Å². The summed E-state index contributed by atoms with van der Waals surface area (Å²) < 4.78 is 11.0. The Balaban J connectivity index is 2.55. The average Bonchev–Trinajstić information content (AvgIpc) is 2.67. The van der Waals surface area contributed by atoms with Crippen molar-refractivity contribution < 1.29 is 24.2 Å². The highest BCUT2D eigenvalue weighted by Crippen LogP contribution is 2.51. The van der Waals surface area contributed by atoms with E-state index in [1.165, 1.54) is 12.3 Å². The molecule has 1 unspecified atom stereocenters. The van der Waals surface area contributed by atoms with Crippen LogP contribution in [0.15, 0.2) is 16.7 Å². The third kappa shape index (κ3) is 1.74. The molecule has 0 spiro atoms. The Morgan fingerprint density at radius 2 is 1.94 bits per heavy atom. The molecule has 2 heterocycles. The van der Waals surface area contributed by atoms with Crippen LogP contribution in [-0.4, -0.2) is 27.4 Å². The number of hydrogen-bond acceptors (Lipinski definition) is 4. The summed E-state index contributed by atoms with van der Waals surface area (Å²) in [7, 11) is 0. The van der Waals surface area contributed by atoms with Crippen molar-refractivity contribution >= 4 is 5.97 Å². The molecule has 1 atom stereocenters. The Bertz CT molecular complexity index is 485. The number of rotatable bonds is 2. The van der Waals surface area contributed by atoms with Gasteiger partial charge in [0.05, 0.1) is 17.5 Å². The van der Waals surface area contributed by atoms with Gasteiger partial charge in [-0.1, -0.05) is 0 Å². The second-order valence-electron chi connectivity index (χ2n) is 5.88. The summed E-state index contributed by atoms with van der Waals surface area (Å²) in [5.74, 6) is -1.06. The van der Waals surface area contributed by atoms with Crippen LogP contribution < -0.4 is 0 Å². The van der Waals surface area contributed by atoms with Crippen molar-refractivity contribution in [2.75, 3.05) is 0 Å². The molecule has 2 N–H and O–H groups in total. The first-order valence-electron chi connectivity index (χ1n) is 5.83. The number of carboxylic acids is 1. The summed E-state index contributed by atoms with van der Waals surface area (Å²) in [5.41, 5.74) is -2.93. The van der Waals surface area contributed by atoms with Gasteiger partial charge in [-0.25, -0.2) is 4.79 Å². The fourth-order valence-electron chi connectivity index (χ4n) is 2.79. The first-order valence-corrected chi connectivity index (χ1v) is 5.83. The number of hydrogen-bond donors (Lipinski definition) is 2. The Hall–Kier alpha value is -1.33. The molecule has 0 bridgehead atoms. The number of furan rings is 1. The molecule has 0 aliphatic carbocycles. The van der Waals surface area contributed by atoms with Crippen molar-refractivity contribution in [1.82, 2.24) is 0 Å². The maximum atomic E-state index is 11.1. The molecule has 0 amide bonds. The van der Waals surface area contributed by atoms with Crippen LogP contribution in [0.1, 0.15) is 50.2 Å². The lowest BCUT2D eigenvalue weighted by molar-refractivity contribution is -0.136. The number of ether oxygens (including phenoxy) is 1. The molecule has 1 saturated heterocycles. The van der Waals surface area contributed by atoms with E-state index in [-0.39, 0.29) is 17.7 Å². The van der Waals surface area contributed by atoms with Crippen LogP contribution in [0, 0.1) is 0 Å². The second-order valence-corrected chi connectivity index (χ2v) is 5.88. The molecule has 1 aliphatic heterocycles. The largest absolute Gasteiger partial charge is 0.478 e. The molecule has 18 heavy (non-hydrogen) atoms. The molecule has 1 aliphatic rings. The summed E-state index contributed by atoms with van der Waals surface area (Å²) in [6, 6.07) is 1.34. The predicted octanol–water partition coefficient (Wildman–Crippen LogP) is 2.14. The highest BCUT2D eigenvalue weighted by molar-refractivity contribution is 5.89. The summed E-state index contributed by atoms with van der Waals surface area (Å²) in [6.07, 6.45) is 1.55. The van der Waals surface area contributed by atoms with Gasteiger partial charge in [0.2, 0.25) is 0 Å². The lowest BCUT2D eigenvalue weighted by atomic mass is 9.79. The standard InChI is InChI=1S/C13H18O5/c1-11(2)7-13(16,12(3,4)18-11)9-8(10(14)15)5-6-17-9/h5-6,16H,7H2,1-4H3,(H,14,15). The van der Waals surface area contributed by atoms with Gasteiger partial charge in [-0.15, -0.1) is 0 Å². The van der Waals surface area contributed by atoms with Crippen LogP contribution in [0.5, 0.6) is 0 Å². The Morgan fingerprint density at radius 3 is 2.39 bits per heavy atom. The summed E-state index contributed by atoms with van der Waals surface area (Å²) >= 11 is 0. The van der Waals surface area contributed by atoms with Gasteiger partial charge in [0, 0.05) is 6.42 Å². The molecule has 2 rings (SSSR count). The van der Waals surface area contributed by atoms with E-state index in [1.54, 1.807) is 13.8 Å². The zero-order valence-corrected chi connectivity index (χ0v) is 11.0. The zero-order valence-electron chi connectivity index (χ0n) is 11.0. The molecular formula is C13H18O5. The minimum atomic E-state index is -1.45. The summed E-state index contributed by atoms with van der Waals surface area (Å²) in [4.78, 5) is 11.1. The number of aromatic carboxylic acids is 1. The molecule has 0 radical (unpaired) electrons. The zero-order chi connectivity index (χ0) is 13.8. The molecule has 5 nitrogen and oxygen atoms in total. The van der Waals surface area contributed by atoms with Crippen molar-refractivity contribution in [3.63, 3.8) is 0 Å². The van der Waals surface area contributed by atoms with E-state index in [0.717, 1.165) is 0 Å². The highest BCUT2D eigenvalue weighted by Gasteiger charge is 2.60. The summed E-state index contributed by atoms with van der Waals surface area (Å²) in [6.45, 7) is 7.18. The van der Waals surface area contributed by atoms with Gasteiger partial charge in [-0.2, -0.15) is 0 Å². The van der Waals surface area contributed by atoms with E-state index in [2.05, 4.69) is 0 Å². The lowest BCUT2D eigenvalue weighted by Crippen LogP contribution is -2.44. The maximum absolute atomic E-state index is 11.1. The third-order valence-corrected chi connectivity index (χ3v) is 3.48. The lowest BCUT2D eigenvalue weighted by Gasteiger charge is -2.33. The minimum Gasteiger partial charge on any atom is -0.478 e. The predicted molar refractivity (Wildman–Crippen MR) is 63.4 cm³/mol. The highest BCUT2D eigenvalue weighted by atomic mass is 16.6. The monoisotopic (exact) mass is 254 g/mol. The van der Waals surface area contributed by atoms with Crippen molar-refractivity contribution in [2.45, 2.75) is 50.9 Å². The van der Waals surface area contributed by atoms with E-state index >= 15 is 0 Å². The molecule has 0 saturated carbocycles. The van der Waals surface area contributed by atoms with E-state index in [9.17, 15) is 9.90 Å². The van der Waals surface area contributed by atoms with E-state index in [4.69, 9.17) is 14.3 Å². The van der Waals surface area contributed by atoms with Crippen LogP contribution in [0.25, 0.3) is 0 Å². The first kappa shape index (κ1) is 13.1. The molecule has 5 heteroatoms. The van der Waals surface area contributed by atoms with Gasteiger partial charge < -0.3 is 19.4 Å². The van der Waals surface area contributed by atoms with Crippen LogP contribution in [0.4, 0.5) is 0 Å². The molecular weight excluding hydrogens is 236 g/mol. The Kier molecular flexibility index (Phi) is 2.61. The molecule has 1 aromatic heterocycles. The number of carboxylic acid groups (broad SMARTS) is 1. The molecule has 1 fully saturated rings. The minimum absolute atomic E-state index is 0.0214. The van der Waals surface area contributed by atoms with Gasteiger partial charge in [0.1, 0.15) is 5.56 Å². The molecule has 0 aromatic carbocycles. The fourth-order valence-corrected chi connectivity index (χ4v) is 2.79. The smallest absolute Gasteiger partial charge is 0.339 e. The molecule has 100 valence electrons. The number of aliphatic hydroxyl groups is 1. The van der Waals surface area contributed by atoms with E-state index < -0.39 is 22.8 Å². The maximum Gasteiger partial charge on any atom is 0.339 e. The van der Waals surface area contributed by atoms with Crippen molar-refractivity contribution in [3.8, 4) is 0 Å². The van der Waals surface area contributed by atoms with Crippen LogP contribution in [0.3, 0.4) is 0 Å². The van der Waals surface area contributed by atoms with E-state index in [1.807, 2.05) is 13.8 Å². The normalized spacial score (nSPS) is 29.4. The van der Waals surface area contributed by atoms with Crippen LogP contribution in [0.2, 0.25) is 0 Å². The number of carbonyl (C=O) groups is 1. The van der Waals surface area contributed by atoms with E-state index in [0.29, 0.717) is 0 Å². The van der Waals surface area contributed by atoms with Crippen molar-refractivity contribution in [2.24, 2.45) is 0 Å². The first-order chi connectivity index (χ1) is 8.09. The van der Waals surface area contributed by atoms with Crippen molar-refractivity contribution in [3.05, 3.63) is 23.7 Å². The van der Waals surface area contributed by atoms with Crippen LogP contribution in [-0.2, 0) is 10.3 Å². The average molecular weight is 254 g/mol. The topological polar surface area (TPSA) is 79.9 Å². The third-order valence-electron chi connectivity index (χ3n) is 3.48. The Labute approximate surface area is 105 Å². The van der Waals surface area contributed by atoms with Gasteiger partial charge in [0.15, 0.2) is 11.4 Å². The fraction of sp³-hybridized carbons (Fsp3) is 0.615. The van der Waals surface area contributed by atoms with Gasteiger partial charge in [0.25, 0.3) is 0 Å². The second kappa shape index (κ2) is 3.59. The quantitative estimate of drug-likeness (QED) is 0.845. The van der Waals surface area contributed by atoms with Gasteiger partial charge in [-0.3, -0.25) is 0 Å².